The van der Waals surface area contributed by atoms with Crippen LogP contribution in [0.25, 0.3) is 0 Å². The second-order valence-electron chi connectivity index (χ2n) is 7.73. The standard InChI is InChI=1S/C18H31N5O2/c1-13-17(20-25-19-13)18(24)23(4)16-8-6-5-7-15(16)22(3)14-9-11-21(2)12-10-14/h14-16H,5-12H2,1-4H3. The first-order valence-electron chi connectivity index (χ1n) is 9.46. The van der Waals surface area contributed by atoms with Crippen LogP contribution in [0.2, 0.25) is 0 Å². The first-order valence-corrected chi connectivity index (χ1v) is 9.46. The molecule has 2 heterocycles. The maximum atomic E-state index is 12.9. The first-order chi connectivity index (χ1) is 12.0. The maximum Gasteiger partial charge on any atom is 0.278 e. The molecule has 7 nitrogen and oxygen atoms in total. The Bertz CT molecular complexity index is 582. The van der Waals surface area contributed by atoms with Gasteiger partial charge in [-0.05, 0) is 64.9 Å². The number of amides is 1. The fourth-order valence-corrected chi connectivity index (χ4v) is 4.43. The van der Waals surface area contributed by atoms with E-state index >= 15 is 0 Å². The van der Waals surface area contributed by atoms with E-state index < -0.39 is 0 Å². The highest BCUT2D eigenvalue weighted by Gasteiger charge is 2.37. The Labute approximate surface area is 150 Å². The van der Waals surface area contributed by atoms with Gasteiger partial charge in [0.15, 0.2) is 5.69 Å². The highest BCUT2D eigenvalue weighted by molar-refractivity contribution is 5.93. The van der Waals surface area contributed by atoms with E-state index in [0.717, 1.165) is 25.9 Å². The lowest BCUT2D eigenvalue weighted by Crippen LogP contribution is -2.56. The molecule has 1 aliphatic heterocycles. The average molecular weight is 349 g/mol. The van der Waals surface area contributed by atoms with Gasteiger partial charge in [0.1, 0.15) is 5.69 Å². The molecule has 25 heavy (non-hydrogen) atoms. The first kappa shape index (κ1) is 18.3. The van der Waals surface area contributed by atoms with Gasteiger partial charge in [0.2, 0.25) is 0 Å². The number of piperidine rings is 1. The molecule has 0 aromatic carbocycles. The van der Waals surface area contributed by atoms with E-state index in [9.17, 15) is 4.79 Å². The molecule has 1 saturated carbocycles. The van der Waals surface area contributed by atoms with E-state index in [1.54, 1.807) is 6.92 Å². The zero-order valence-corrected chi connectivity index (χ0v) is 15.9. The minimum absolute atomic E-state index is 0.0765. The molecule has 2 atom stereocenters. The molecule has 0 spiro atoms. The van der Waals surface area contributed by atoms with Crippen LogP contribution >= 0.6 is 0 Å². The molecule has 0 bridgehead atoms. The van der Waals surface area contributed by atoms with Gasteiger partial charge in [0, 0.05) is 25.2 Å². The number of likely N-dealkylation sites (tertiary alicyclic amines) is 1. The topological polar surface area (TPSA) is 65.7 Å². The van der Waals surface area contributed by atoms with Crippen molar-refractivity contribution in [3.63, 3.8) is 0 Å². The summed E-state index contributed by atoms with van der Waals surface area (Å²) in [5.74, 6) is -0.0765. The number of nitrogens with zero attached hydrogens (tertiary/aromatic N) is 5. The van der Waals surface area contributed by atoms with E-state index in [2.05, 4.69) is 34.2 Å². The smallest absolute Gasteiger partial charge is 0.278 e. The van der Waals surface area contributed by atoms with Crippen LogP contribution in [0.5, 0.6) is 0 Å². The summed E-state index contributed by atoms with van der Waals surface area (Å²) in [6.45, 7) is 4.08. The van der Waals surface area contributed by atoms with Gasteiger partial charge < -0.3 is 9.80 Å². The monoisotopic (exact) mass is 349 g/mol. The van der Waals surface area contributed by atoms with Gasteiger partial charge >= 0.3 is 0 Å². The van der Waals surface area contributed by atoms with E-state index in [-0.39, 0.29) is 11.9 Å². The Morgan fingerprint density at radius 1 is 1.08 bits per heavy atom. The Balaban J connectivity index is 1.71. The van der Waals surface area contributed by atoms with E-state index in [0.29, 0.717) is 23.5 Å². The minimum atomic E-state index is -0.0765. The van der Waals surface area contributed by atoms with Gasteiger partial charge in [-0.25, -0.2) is 4.63 Å². The van der Waals surface area contributed by atoms with Crippen molar-refractivity contribution in [3.8, 4) is 0 Å². The summed E-state index contributed by atoms with van der Waals surface area (Å²) in [6, 6.07) is 1.25. The fourth-order valence-electron chi connectivity index (χ4n) is 4.43. The van der Waals surface area contributed by atoms with Crippen molar-refractivity contribution in [2.45, 2.75) is 63.6 Å². The lowest BCUT2D eigenvalue weighted by molar-refractivity contribution is 0.0273. The normalized spacial score (nSPS) is 26.1. The SMILES string of the molecule is Cc1nonc1C(=O)N(C)C1CCCCC1N(C)C1CCN(C)CC1. The zero-order chi connectivity index (χ0) is 18.0. The number of aryl methyl sites for hydroxylation is 1. The highest BCUT2D eigenvalue weighted by Crippen LogP contribution is 2.30. The number of hydrogen-bond donors (Lipinski definition) is 0. The van der Waals surface area contributed by atoms with Crippen molar-refractivity contribution in [2.24, 2.45) is 0 Å². The molecule has 1 aliphatic carbocycles. The summed E-state index contributed by atoms with van der Waals surface area (Å²) in [5, 5.41) is 7.55. The molecule has 2 aliphatic rings. The van der Waals surface area contributed by atoms with Crippen molar-refractivity contribution in [1.82, 2.24) is 25.0 Å². The van der Waals surface area contributed by atoms with Crippen molar-refractivity contribution in [3.05, 3.63) is 11.4 Å². The van der Waals surface area contributed by atoms with Crippen LogP contribution in [0, 0.1) is 6.92 Å². The molecule has 1 aromatic heterocycles. The minimum Gasteiger partial charge on any atom is -0.336 e. The number of carbonyl (C=O) groups excluding carboxylic acids is 1. The fraction of sp³-hybridized carbons (Fsp3) is 0.833. The van der Waals surface area contributed by atoms with E-state index in [4.69, 9.17) is 4.63 Å². The average Bonchev–Trinajstić information content (AvgIpc) is 3.06. The van der Waals surface area contributed by atoms with Crippen LogP contribution < -0.4 is 0 Å². The van der Waals surface area contributed by atoms with Gasteiger partial charge in [-0.2, -0.15) is 0 Å². The third-order valence-corrected chi connectivity index (χ3v) is 6.15. The predicted molar refractivity (Wildman–Crippen MR) is 95.5 cm³/mol. The molecular weight excluding hydrogens is 318 g/mol. The highest BCUT2D eigenvalue weighted by atomic mass is 16.6. The van der Waals surface area contributed by atoms with E-state index in [1.165, 1.54) is 25.7 Å². The summed E-state index contributed by atoms with van der Waals surface area (Å²) in [5.41, 5.74) is 0.904. The third-order valence-electron chi connectivity index (χ3n) is 6.15. The van der Waals surface area contributed by atoms with Crippen LogP contribution in [-0.2, 0) is 0 Å². The Hall–Kier alpha value is -1.47. The molecule has 2 fully saturated rings. The molecule has 0 radical (unpaired) electrons. The Kier molecular flexibility index (Phi) is 5.74. The maximum absolute atomic E-state index is 12.9. The van der Waals surface area contributed by atoms with Crippen LogP contribution in [0.15, 0.2) is 4.63 Å². The molecule has 1 saturated heterocycles. The molecule has 3 rings (SSSR count). The molecule has 0 N–H and O–H groups in total. The lowest BCUT2D eigenvalue weighted by atomic mass is 9.86. The van der Waals surface area contributed by atoms with Gasteiger partial charge in [0.05, 0.1) is 0 Å². The molecule has 2 unspecified atom stereocenters. The summed E-state index contributed by atoms with van der Waals surface area (Å²) >= 11 is 0. The molecule has 1 amide bonds. The Morgan fingerprint density at radius 2 is 1.72 bits per heavy atom. The summed E-state index contributed by atoms with van der Waals surface area (Å²) in [4.78, 5) is 19.7. The molecular formula is C18H31N5O2. The summed E-state index contributed by atoms with van der Waals surface area (Å²) in [7, 11) is 6.35. The van der Waals surface area contributed by atoms with Crippen molar-refractivity contribution >= 4 is 5.91 Å². The van der Waals surface area contributed by atoms with Gasteiger partial charge in [-0.1, -0.05) is 18.0 Å². The second-order valence-corrected chi connectivity index (χ2v) is 7.73. The zero-order valence-electron chi connectivity index (χ0n) is 15.9. The lowest BCUT2D eigenvalue weighted by Gasteiger charge is -2.46. The van der Waals surface area contributed by atoms with Crippen molar-refractivity contribution < 1.29 is 9.42 Å². The van der Waals surface area contributed by atoms with Crippen LogP contribution in [-0.4, -0.2) is 83.3 Å². The summed E-state index contributed by atoms with van der Waals surface area (Å²) in [6.07, 6.45) is 7.04. The van der Waals surface area contributed by atoms with E-state index in [1.807, 2.05) is 11.9 Å². The van der Waals surface area contributed by atoms with Gasteiger partial charge in [-0.3, -0.25) is 9.69 Å². The van der Waals surface area contributed by atoms with Crippen LogP contribution in [0.4, 0.5) is 0 Å². The second kappa shape index (κ2) is 7.83. The predicted octanol–water partition coefficient (Wildman–Crippen LogP) is 1.79. The van der Waals surface area contributed by atoms with Crippen molar-refractivity contribution in [1.29, 1.82) is 0 Å². The van der Waals surface area contributed by atoms with Crippen LogP contribution in [0.3, 0.4) is 0 Å². The van der Waals surface area contributed by atoms with Gasteiger partial charge in [-0.15, -0.1) is 0 Å². The number of aromatic nitrogens is 2. The molecule has 1 aromatic rings. The van der Waals surface area contributed by atoms with Gasteiger partial charge in [0.25, 0.3) is 5.91 Å². The molecule has 7 heteroatoms. The number of hydrogen-bond acceptors (Lipinski definition) is 6. The largest absolute Gasteiger partial charge is 0.336 e. The quantitative estimate of drug-likeness (QED) is 0.826. The Morgan fingerprint density at radius 3 is 2.32 bits per heavy atom. The number of carbonyl (C=O) groups is 1. The molecule has 140 valence electrons. The summed E-state index contributed by atoms with van der Waals surface area (Å²) < 4.78 is 4.72. The number of rotatable bonds is 4. The number of likely N-dealkylation sites (N-methyl/N-ethyl adjacent to an activating group) is 2. The third kappa shape index (κ3) is 3.87. The van der Waals surface area contributed by atoms with Crippen molar-refractivity contribution in [2.75, 3.05) is 34.2 Å². The van der Waals surface area contributed by atoms with Crippen LogP contribution in [0.1, 0.15) is 54.7 Å².